The molecule has 0 fully saturated rings. The molecule has 0 saturated heterocycles. The minimum atomic E-state index is -0.182. The van der Waals surface area contributed by atoms with Gasteiger partial charge in [0.25, 0.3) is 0 Å². The Balaban J connectivity index is 1.93. The summed E-state index contributed by atoms with van der Waals surface area (Å²) in [6.07, 6.45) is 0. The summed E-state index contributed by atoms with van der Waals surface area (Å²) in [5.41, 5.74) is 1.70. The van der Waals surface area contributed by atoms with E-state index in [-0.39, 0.29) is 30.9 Å². The van der Waals surface area contributed by atoms with Crippen molar-refractivity contribution in [1.82, 2.24) is 9.80 Å². The van der Waals surface area contributed by atoms with Gasteiger partial charge in [-0.05, 0) is 31.2 Å². The van der Waals surface area contributed by atoms with E-state index < -0.39 is 0 Å². The number of anilines is 1. The van der Waals surface area contributed by atoms with Crippen LogP contribution in [0.1, 0.15) is 25.5 Å². The smallest absolute Gasteiger partial charge is 0.238 e. The molecule has 6 nitrogen and oxygen atoms in total. The number of ether oxygens (including phenoxy) is 1. The van der Waals surface area contributed by atoms with Crippen LogP contribution in [0, 0.1) is 0 Å². The van der Waals surface area contributed by atoms with Gasteiger partial charge in [0.15, 0.2) is 0 Å². The topological polar surface area (TPSA) is 61.9 Å². The Bertz CT molecular complexity index is 780. The normalized spacial score (nSPS) is 11.8. The average Bonchev–Trinajstić information content (AvgIpc) is 2.73. The molecule has 2 rings (SSSR count). The maximum absolute atomic E-state index is 12.7. The van der Waals surface area contributed by atoms with Gasteiger partial charge in [-0.3, -0.25) is 14.5 Å². The van der Waals surface area contributed by atoms with Crippen molar-refractivity contribution in [3.05, 3.63) is 60.2 Å². The number of hydrogen-bond acceptors (Lipinski definition) is 4. The van der Waals surface area contributed by atoms with Crippen molar-refractivity contribution >= 4 is 17.5 Å². The summed E-state index contributed by atoms with van der Waals surface area (Å²) in [7, 11) is 3.36. The molecule has 0 aromatic heterocycles. The van der Waals surface area contributed by atoms with Gasteiger partial charge < -0.3 is 15.0 Å². The molecule has 0 radical (unpaired) electrons. The summed E-state index contributed by atoms with van der Waals surface area (Å²) in [4.78, 5) is 28.7. The molecule has 0 aliphatic heterocycles. The van der Waals surface area contributed by atoms with E-state index in [0.717, 1.165) is 5.56 Å². The molecule has 1 N–H and O–H groups in total. The largest absolute Gasteiger partial charge is 0.495 e. The summed E-state index contributed by atoms with van der Waals surface area (Å²) in [6.45, 7) is 4.85. The average molecular weight is 383 g/mol. The van der Waals surface area contributed by atoms with Crippen molar-refractivity contribution in [2.45, 2.75) is 19.9 Å². The first-order valence-corrected chi connectivity index (χ1v) is 9.42. The van der Waals surface area contributed by atoms with Crippen LogP contribution in [0.3, 0.4) is 0 Å². The zero-order valence-electron chi connectivity index (χ0n) is 17.0. The highest BCUT2D eigenvalue weighted by Gasteiger charge is 2.20. The second kappa shape index (κ2) is 10.5. The number of nitrogens with one attached hydrogen (secondary N) is 1. The van der Waals surface area contributed by atoms with Crippen molar-refractivity contribution in [2.75, 3.05) is 39.1 Å². The molecule has 0 spiro atoms. The van der Waals surface area contributed by atoms with E-state index in [0.29, 0.717) is 18.0 Å². The van der Waals surface area contributed by atoms with E-state index in [9.17, 15) is 9.59 Å². The summed E-state index contributed by atoms with van der Waals surface area (Å²) in [5.74, 6) is 0.396. The van der Waals surface area contributed by atoms with Crippen LogP contribution in [0.5, 0.6) is 5.75 Å². The van der Waals surface area contributed by atoms with Crippen LogP contribution in [0.4, 0.5) is 5.69 Å². The van der Waals surface area contributed by atoms with Gasteiger partial charge in [0.2, 0.25) is 11.8 Å². The minimum Gasteiger partial charge on any atom is -0.495 e. The third-order valence-electron chi connectivity index (χ3n) is 4.81. The van der Waals surface area contributed by atoms with Crippen LogP contribution in [0.2, 0.25) is 0 Å². The summed E-state index contributed by atoms with van der Waals surface area (Å²) < 4.78 is 5.25. The Morgan fingerprint density at radius 1 is 1.04 bits per heavy atom. The van der Waals surface area contributed by atoms with Gasteiger partial charge in [0.1, 0.15) is 5.75 Å². The number of amides is 2. The number of carbonyl (C=O) groups excluding carboxylic acids is 2. The van der Waals surface area contributed by atoms with E-state index in [2.05, 4.69) is 5.32 Å². The fraction of sp³-hybridized carbons (Fsp3) is 0.364. The van der Waals surface area contributed by atoms with E-state index in [1.165, 1.54) is 0 Å². The number of nitrogens with zero attached hydrogens (tertiary/aromatic N) is 2. The van der Waals surface area contributed by atoms with E-state index >= 15 is 0 Å². The predicted molar refractivity (Wildman–Crippen MR) is 111 cm³/mol. The lowest BCUT2D eigenvalue weighted by Gasteiger charge is -2.28. The third-order valence-corrected chi connectivity index (χ3v) is 4.81. The monoisotopic (exact) mass is 383 g/mol. The zero-order valence-corrected chi connectivity index (χ0v) is 17.0. The van der Waals surface area contributed by atoms with E-state index in [1.807, 2.05) is 61.2 Å². The fourth-order valence-corrected chi connectivity index (χ4v) is 2.89. The van der Waals surface area contributed by atoms with Crippen molar-refractivity contribution in [1.29, 1.82) is 0 Å². The van der Waals surface area contributed by atoms with Crippen molar-refractivity contribution < 1.29 is 14.3 Å². The third kappa shape index (κ3) is 5.82. The molecule has 28 heavy (non-hydrogen) atoms. The highest BCUT2D eigenvalue weighted by Crippen LogP contribution is 2.23. The Morgan fingerprint density at radius 2 is 1.68 bits per heavy atom. The highest BCUT2D eigenvalue weighted by molar-refractivity contribution is 5.94. The van der Waals surface area contributed by atoms with Crippen molar-refractivity contribution in [3.8, 4) is 5.75 Å². The van der Waals surface area contributed by atoms with Crippen molar-refractivity contribution in [3.63, 3.8) is 0 Å². The molecule has 0 heterocycles. The fourth-order valence-electron chi connectivity index (χ4n) is 2.89. The first-order valence-electron chi connectivity index (χ1n) is 9.42. The molecule has 150 valence electrons. The standard InChI is InChI=1S/C22H29N3O3/c1-5-25(15-21(26)23-19-13-9-10-14-20(19)28-4)16-22(27)24(3)17(2)18-11-7-6-8-12-18/h6-14,17H,5,15-16H2,1-4H3,(H,23,26)/t17-/m0/s1. The molecule has 2 amide bonds. The number of para-hydroxylation sites is 2. The van der Waals surface area contributed by atoms with Crippen LogP contribution in [-0.4, -0.2) is 55.4 Å². The molecule has 2 aromatic rings. The SMILES string of the molecule is CCN(CC(=O)Nc1ccccc1OC)CC(=O)N(C)[C@@H](C)c1ccccc1. The number of rotatable bonds is 9. The first-order chi connectivity index (χ1) is 13.5. The lowest BCUT2D eigenvalue weighted by molar-refractivity contribution is -0.133. The number of likely N-dealkylation sites (N-methyl/N-ethyl adjacent to an activating group) is 2. The Morgan fingerprint density at radius 3 is 2.32 bits per heavy atom. The maximum Gasteiger partial charge on any atom is 0.238 e. The van der Waals surface area contributed by atoms with Gasteiger partial charge in [0.05, 0.1) is 31.9 Å². The Labute approximate surface area is 167 Å². The van der Waals surface area contributed by atoms with Gasteiger partial charge in [0, 0.05) is 7.05 Å². The Hall–Kier alpha value is -2.86. The summed E-state index contributed by atoms with van der Waals surface area (Å²) in [6, 6.07) is 17.1. The van der Waals surface area contributed by atoms with E-state index in [1.54, 1.807) is 31.2 Å². The van der Waals surface area contributed by atoms with Crippen molar-refractivity contribution in [2.24, 2.45) is 0 Å². The number of hydrogen-bond donors (Lipinski definition) is 1. The number of carbonyl (C=O) groups is 2. The first kappa shape index (κ1) is 21.4. The quantitative estimate of drug-likeness (QED) is 0.722. The molecule has 0 aliphatic carbocycles. The molecule has 0 bridgehead atoms. The van der Waals surface area contributed by atoms with E-state index in [4.69, 9.17) is 4.74 Å². The second-order valence-electron chi connectivity index (χ2n) is 6.64. The van der Waals surface area contributed by atoms with Crippen LogP contribution in [0.15, 0.2) is 54.6 Å². The van der Waals surface area contributed by atoms with Gasteiger partial charge in [-0.2, -0.15) is 0 Å². The predicted octanol–water partition coefficient (Wildman–Crippen LogP) is 3.18. The molecule has 6 heteroatoms. The second-order valence-corrected chi connectivity index (χ2v) is 6.64. The lowest BCUT2D eigenvalue weighted by atomic mass is 10.1. The van der Waals surface area contributed by atoms with Crippen LogP contribution >= 0.6 is 0 Å². The number of methoxy groups -OCH3 is 1. The molecule has 0 unspecified atom stereocenters. The molecule has 1 atom stereocenters. The van der Waals surface area contributed by atoms with Crippen LogP contribution in [-0.2, 0) is 9.59 Å². The molecule has 0 saturated carbocycles. The van der Waals surface area contributed by atoms with Gasteiger partial charge >= 0.3 is 0 Å². The highest BCUT2D eigenvalue weighted by atomic mass is 16.5. The molecule has 0 aliphatic rings. The zero-order chi connectivity index (χ0) is 20.5. The van der Waals surface area contributed by atoms with Crippen LogP contribution < -0.4 is 10.1 Å². The number of benzene rings is 2. The lowest BCUT2D eigenvalue weighted by Crippen LogP contribution is -2.42. The minimum absolute atomic E-state index is 0.0247. The van der Waals surface area contributed by atoms with Gasteiger partial charge in [-0.15, -0.1) is 0 Å². The molecular weight excluding hydrogens is 354 g/mol. The van der Waals surface area contributed by atoms with Gasteiger partial charge in [-0.1, -0.05) is 49.4 Å². The summed E-state index contributed by atoms with van der Waals surface area (Å²) in [5, 5.41) is 2.85. The maximum atomic E-state index is 12.7. The molecular formula is C22H29N3O3. The Kier molecular flexibility index (Phi) is 8.02. The summed E-state index contributed by atoms with van der Waals surface area (Å²) >= 11 is 0. The molecule has 2 aromatic carbocycles. The van der Waals surface area contributed by atoms with Crippen LogP contribution in [0.25, 0.3) is 0 Å². The van der Waals surface area contributed by atoms with Gasteiger partial charge in [-0.25, -0.2) is 0 Å².